The van der Waals surface area contributed by atoms with Crippen LogP contribution in [-0.2, 0) is 15.4 Å². The average molecular weight is 494 g/mol. The minimum Gasteiger partial charge on any atom is -0.386 e. The Hall–Kier alpha value is -2.45. The third-order valence-corrected chi connectivity index (χ3v) is 9.16. The second kappa shape index (κ2) is 9.06. The summed E-state index contributed by atoms with van der Waals surface area (Å²) in [7, 11) is -3.75. The fraction of sp³-hybridized carbons (Fsp3) is 0.417. The van der Waals surface area contributed by atoms with E-state index < -0.39 is 31.8 Å². The molecule has 33 heavy (non-hydrogen) atoms. The molecule has 0 fully saturated rings. The molecule has 1 aliphatic heterocycles. The molecule has 2 unspecified atom stereocenters. The maximum Gasteiger partial charge on any atom is 0.255 e. The van der Waals surface area contributed by atoms with E-state index in [0.29, 0.717) is 35.0 Å². The van der Waals surface area contributed by atoms with E-state index in [1.807, 2.05) is 13.8 Å². The molecule has 2 aromatic rings. The average Bonchev–Trinajstić information content (AvgIpc) is 2.72. The van der Waals surface area contributed by atoms with Crippen molar-refractivity contribution in [1.29, 1.82) is 0 Å². The predicted molar refractivity (Wildman–Crippen MR) is 131 cm³/mol. The number of rotatable bonds is 6. The Bertz CT molecular complexity index is 1200. The van der Waals surface area contributed by atoms with Gasteiger partial charge in [0.15, 0.2) is 9.84 Å². The topological polar surface area (TPSA) is 102 Å². The Morgan fingerprint density at radius 2 is 1.85 bits per heavy atom. The summed E-state index contributed by atoms with van der Waals surface area (Å²) < 4.78 is 40.3. The van der Waals surface area contributed by atoms with Crippen molar-refractivity contribution in [2.24, 2.45) is 16.6 Å². The van der Waals surface area contributed by atoms with Gasteiger partial charge < -0.3 is 11.1 Å². The highest BCUT2D eigenvalue weighted by molar-refractivity contribution is 7.93. The third-order valence-electron chi connectivity index (χ3n) is 6.18. The van der Waals surface area contributed by atoms with Gasteiger partial charge in [-0.05, 0) is 75.1 Å². The minimum atomic E-state index is -3.75. The van der Waals surface area contributed by atoms with Gasteiger partial charge in [0.25, 0.3) is 5.91 Å². The van der Waals surface area contributed by atoms with Gasteiger partial charge >= 0.3 is 0 Å². The fourth-order valence-corrected chi connectivity index (χ4v) is 6.11. The number of hydrogen-bond donors (Lipinski definition) is 2. The molecule has 1 amide bonds. The molecule has 9 heteroatoms. The van der Waals surface area contributed by atoms with E-state index in [1.54, 1.807) is 38.1 Å². The van der Waals surface area contributed by atoms with Crippen molar-refractivity contribution in [3.8, 4) is 0 Å². The highest BCUT2D eigenvalue weighted by Gasteiger charge is 2.51. The lowest BCUT2D eigenvalue weighted by atomic mass is 9.91. The molecule has 178 valence electrons. The first-order chi connectivity index (χ1) is 15.3. The number of benzene rings is 2. The Morgan fingerprint density at radius 1 is 1.21 bits per heavy atom. The van der Waals surface area contributed by atoms with Gasteiger partial charge in [-0.1, -0.05) is 25.4 Å². The molecule has 0 aromatic heterocycles. The number of hydrogen-bond acceptors (Lipinski definition) is 5. The Labute approximate surface area is 199 Å². The van der Waals surface area contributed by atoms with Gasteiger partial charge in [0, 0.05) is 21.8 Å². The first-order valence-electron chi connectivity index (χ1n) is 10.7. The predicted octanol–water partition coefficient (Wildman–Crippen LogP) is 4.93. The van der Waals surface area contributed by atoms with Crippen LogP contribution in [0.25, 0.3) is 0 Å². The lowest BCUT2D eigenvalue weighted by molar-refractivity contribution is 0.102. The van der Waals surface area contributed by atoms with Gasteiger partial charge in [-0.25, -0.2) is 12.8 Å². The van der Waals surface area contributed by atoms with Crippen LogP contribution in [0.3, 0.4) is 0 Å². The van der Waals surface area contributed by atoms with Gasteiger partial charge in [-0.3, -0.25) is 9.79 Å². The summed E-state index contributed by atoms with van der Waals surface area (Å²) in [6, 6.07) is 10.3. The van der Waals surface area contributed by atoms with Crippen LogP contribution in [0.1, 0.15) is 56.5 Å². The number of nitrogens with zero attached hydrogens (tertiary/aromatic N) is 1. The molecule has 0 bridgehead atoms. The largest absolute Gasteiger partial charge is 0.386 e. The highest BCUT2D eigenvalue weighted by atomic mass is 35.5. The number of nitrogens with two attached hydrogens (primary N) is 1. The van der Waals surface area contributed by atoms with Gasteiger partial charge in [-0.15, -0.1) is 0 Å². The number of amides is 1. The summed E-state index contributed by atoms with van der Waals surface area (Å²) in [5.41, 5.74) is 5.52. The monoisotopic (exact) mass is 493 g/mol. The van der Waals surface area contributed by atoms with Gasteiger partial charge in [0.1, 0.15) is 21.9 Å². The van der Waals surface area contributed by atoms with Crippen LogP contribution in [0.2, 0.25) is 5.02 Å². The number of aliphatic imine (C=N–C) groups is 1. The summed E-state index contributed by atoms with van der Waals surface area (Å²) in [4.78, 5) is 17.1. The van der Waals surface area contributed by atoms with Crippen molar-refractivity contribution in [2.75, 3.05) is 11.1 Å². The van der Waals surface area contributed by atoms with Crippen molar-refractivity contribution in [3.05, 3.63) is 64.4 Å². The molecule has 0 aliphatic carbocycles. The van der Waals surface area contributed by atoms with E-state index in [9.17, 15) is 17.6 Å². The molecule has 0 radical (unpaired) electrons. The van der Waals surface area contributed by atoms with Crippen LogP contribution in [0.15, 0.2) is 47.5 Å². The van der Waals surface area contributed by atoms with Crippen LogP contribution < -0.4 is 11.1 Å². The van der Waals surface area contributed by atoms with Crippen LogP contribution in [0.4, 0.5) is 10.1 Å². The van der Waals surface area contributed by atoms with Gasteiger partial charge in [-0.2, -0.15) is 0 Å². The maximum absolute atomic E-state index is 14.9. The SMILES string of the molecule is CC(C)CCC1(C)C(N)=NC(C)(c2cc(NC(=O)c3ccc(Cl)cc3)ccc2F)CS1(=O)=O. The number of carbonyl (C=O) groups is 1. The van der Waals surface area contributed by atoms with Crippen molar-refractivity contribution < 1.29 is 17.6 Å². The van der Waals surface area contributed by atoms with Crippen LogP contribution in [0, 0.1) is 11.7 Å². The molecular formula is C24H29ClFN3O3S. The Balaban J connectivity index is 1.96. The zero-order valence-electron chi connectivity index (χ0n) is 19.2. The minimum absolute atomic E-state index is 0.0214. The lowest BCUT2D eigenvalue weighted by Gasteiger charge is -2.40. The zero-order valence-corrected chi connectivity index (χ0v) is 20.7. The van der Waals surface area contributed by atoms with E-state index in [0.717, 1.165) is 0 Å². The maximum atomic E-state index is 14.9. The number of nitrogens with one attached hydrogen (secondary N) is 1. The molecular weight excluding hydrogens is 465 g/mol. The number of amidine groups is 1. The quantitative estimate of drug-likeness (QED) is 0.595. The van der Waals surface area contributed by atoms with Gasteiger partial charge in [0.05, 0.1) is 5.75 Å². The summed E-state index contributed by atoms with van der Waals surface area (Å²) >= 11 is 5.86. The van der Waals surface area contributed by atoms with Crippen LogP contribution >= 0.6 is 11.6 Å². The number of halogens is 2. The van der Waals surface area contributed by atoms with Crippen LogP contribution in [-0.4, -0.2) is 30.7 Å². The molecule has 0 saturated carbocycles. The molecule has 0 spiro atoms. The lowest BCUT2D eigenvalue weighted by Crippen LogP contribution is -2.56. The molecule has 2 atom stereocenters. The zero-order chi connectivity index (χ0) is 24.6. The first-order valence-corrected chi connectivity index (χ1v) is 12.8. The van der Waals surface area contributed by atoms with E-state index in [1.165, 1.54) is 18.2 Å². The summed E-state index contributed by atoms with van der Waals surface area (Å²) in [6.45, 7) is 7.15. The highest BCUT2D eigenvalue weighted by Crippen LogP contribution is 2.40. The third kappa shape index (κ3) is 5.06. The second-order valence-electron chi connectivity index (χ2n) is 9.35. The van der Waals surface area contributed by atoms with Crippen LogP contribution in [0.5, 0.6) is 0 Å². The molecule has 6 nitrogen and oxygen atoms in total. The summed E-state index contributed by atoms with van der Waals surface area (Å²) in [5, 5.41) is 3.20. The number of anilines is 1. The molecule has 0 saturated heterocycles. The second-order valence-corrected chi connectivity index (χ2v) is 12.2. The number of sulfone groups is 1. The molecule has 3 N–H and O–H groups in total. The molecule has 3 rings (SSSR count). The van der Waals surface area contributed by atoms with Crippen molar-refractivity contribution in [1.82, 2.24) is 0 Å². The standard InChI is InChI=1S/C24H29ClFN3O3S/c1-15(2)11-12-24(4)22(27)29-23(3,14-33(24,31)32)19-13-18(9-10-20(19)26)28-21(30)16-5-7-17(25)8-6-16/h5-10,13,15H,11-12,14H2,1-4H3,(H2,27,29)(H,28,30). The van der Waals surface area contributed by atoms with Crippen molar-refractivity contribution in [3.63, 3.8) is 0 Å². The fourth-order valence-electron chi connectivity index (χ4n) is 3.91. The van der Waals surface area contributed by atoms with E-state index in [2.05, 4.69) is 10.3 Å². The smallest absolute Gasteiger partial charge is 0.255 e. The van der Waals surface area contributed by atoms with E-state index >= 15 is 0 Å². The normalized spacial score (nSPS) is 24.4. The Kier molecular flexibility index (Phi) is 6.92. The first kappa shape index (κ1) is 25.2. The van der Waals surface area contributed by atoms with E-state index in [-0.39, 0.29) is 17.2 Å². The molecule has 1 aliphatic rings. The number of carbonyl (C=O) groups excluding carboxylic acids is 1. The van der Waals surface area contributed by atoms with Gasteiger partial charge in [0.2, 0.25) is 0 Å². The van der Waals surface area contributed by atoms with Crippen molar-refractivity contribution >= 4 is 38.9 Å². The summed E-state index contributed by atoms with van der Waals surface area (Å²) in [6.07, 6.45) is 1.02. The Morgan fingerprint density at radius 3 is 2.42 bits per heavy atom. The molecule has 2 aromatic carbocycles. The van der Waals surface area contributed by atoms with E-state index in [4.69, 9.17) is 17.3 Å². The summed E-state index contributed by atoms with van der Waals surface area (Å²) in [5.74, 6) is -1.14. The van der Waals surface area contributed by atoms with Crippen molar-refractivity contribution in [2.45, 2.75) is 50.8 Å². The molecule has 1 heterocycles.